The average molecular weight is 477 g/mol. The molecule has 0 radical (unpaired) electrons. The van der Waals surface area contributed by atoms with Gasteiger partial charge in [-0.15, -0.1) is 0 Å². The number of hydrogen-bond donors (Lipinski definition) is 0. The van der Waals surface area contributed by atoms with Crippen LogP contribution in [0.25, 0.3) is 0 Å². The summed E-state index contributed by atoms with van der Waals surface area (Å²) in [6, 6.07) is 18.2. The lowest BCUT2D eigenvalue weighted by molar-refractivity contribution is 0.303. The van der Waals surface area contributed by atoms with Gasteiger partial charge in [0.2, 0.25) is 0 Å². The lowest BCUT2D eigenvalue weighted by Gasteiger charge is -2.12. The van der Waals surface area contributed by atoms with Crippen LogP contribution in [-0.2, 0) is 6.61 Å². The van der Waals surface area contributed by atoms with Gasteiger partial charge in [-0.25, -0.2) is 4.39 Å². The van der Waals surface area contributed by atoms with Gasteiger partial charge in [0.15, 0.2) is 0 Å². The van der Waals surface area contributed by atoms with E-state index in [0.717, 1.165) is 31.3 Å². The molecule has 0 heterocycles. The highest BCUT2D eigenvalue weighted by Gasteiger charge is 2.10. The molecule has 132 valence electrons. The predicted molar refractivity (Wildman–Crippen MR) is 111 cm³/mol. The summed E-state index contributed by atoms with van der Waals surface area (Å²) >= 11 is 7.03. The zero-order chi connectivity index (χ0) is 18.5. The van der Waals surface area contributed by atoms with Crippen LogP contribution in [0.5, 0.6) is 5.75 Å². The second-order valence-electron chi connectivity index (χ2n) is 5.77. The Bertz CT molecular complexity index is 956. The van der Waals surface area contributed by atoms with Crippen LogP contribution in [-0.4, -0.2) is 6.21 Å². The molecule has 26 heavy (non-hydrogen) atoms. The predicted octanol–water partition coefficient (Wildman–Crippen LogP) is 6.99. The van der Waals surface area contributed by atoms with Crippen molar-refractivity contribution in [3.8, 4) is 5.75 Å². The molecule has 0 unspecified atom stereocenters. The number of rotatable bonds is 5. The van der Waals surface area contributed by atoms with Gasteiger partial charge in [-0.05, 0) is 64.3 Å². The molecule has 3 rings (SSSR count). The number of ether oxygens (including phenoxy) is 1. The monoisotopic (exact) mass is 475 g/mol. The third-order valence-corrected chi connectivity index (χ3v) is 4.81. The number of para-hydroxylation sites is 1. The maximum atomic E-state index is 13.4. The van der Waals surface area contributed by atoms with Crippen LogP contribution >= 0.6 is 31.9 Å². The Kier molecular flexibility index (Phi) is 6.22. The van der Waals surface area contributed by atoms with Crippen molar-refractivity contribution in [2.75, 3.05) is 0 Å². The van der Waals surface area contributed by atoms with Crippen LogP contribution < -0.4 is 4.74 Å². The molecule has 5 heteroatoms. The van der Waals surface area contributed by atoms with E-state index in [4.69, 9.17) is 4.74 Å². The van der Waals surface area contributed by atoms with E-state index >= 15 is 0 Å². The Morgan fingerprint density at radius 2 is 1.85 bits per heavy atom. The standard InChI is InChI=1S/C21H16Br2FNO/c1-14-5-2-3-8-20(14)25-12-16-10-17(22)11-19(23)21(16)26-13-15-6-4-7-18(24)9-15/h2-12H,13H2,1H3. The van der Waals surface area contributed by atoms with Gasteiger partial charge in [0.1, 0.15) is 18.2 Å². The Morgan fingerprint density at radius 1 is 1.04 bits per heavy atom. The summed E-state index contributed by atoms with van der Waals surface area (Å²) in [6.07, 6.45) is 1.78. The molecule has 0 saturated heterocycles. The first-order valence-electron chi connectivity index (χ1n) is 7.99. The van der Waals surface area contributed by atoms with Crippen molar-refractivity contribution in [1.29, 1.82) is 0 Å². The second kappa shape index (κ2) is 8.60. The van der Waals surface area contributed by atoms with Gasteiger partial charge in [0, 0.05) is 16.3 Å². The number of hydrogen-bond acceptors (Lipinski definition) is 2. The van der Waals surface area contributed by atoms with Crippen molar-refractivity contribution in [2.45, 2.75) is 13.5 Å². The minimum atomic E-state index is -0.276. The topological polar surface area (TPSA) is 21.6 Å². The van der Waals surface area contributed by atoms with Crippen LogP contribution in [0.3, 0.4) is 0 Å². The second-order valence-corrected chi connectivity index (χ2v) is 7.54. The van der Waals surface area contributed by atoms with Crippen LogP contribution in [0.4, 0.5) is 10.1 Å². The van der Waals surface area contributed by atoms with E-state index in [0.29, 0.717) is 5.75 Å². The number of halogens is 3. The van der Waals surface area contributed by atoms with E-state index in [-0.39, 0.29) is 12.4 Å². The molecule has 0 atom stereocenters. The fourth-order valence-electron chi connectivity index (χ4n) is 2.46. The summed E-state index contributed by atoms with van der Waals surface area (Å²) in [5.74, 6) is 0.386. The normalized spacial score (nSPS) is 11.1. The van der Waals surface area contributed by atoms with E-state index in [2.05, 4.69) is 36.9 Å². The van der Waals surface area contributed by atoms with Crippen molar-refractivity contribution < 1.29 is 9.13 Å². The molecule has 3 aromatic carbocycles. The molecular weight excluding hydrogens is 461 g/mol. The summed E-state index contributed by atoms with van der Waals surface area (Å²) in [7, 11) is 0. The zero-order valence-corrected chi connectivity index (χ0v) is 17.2. The van der Waals surface area contributed by atoms with E-state index in [1.807, 2.05) is 49.4 Å². The highest BCUT2D eigenvalue weighted by Crippen LogP contribution is 2.33. The van der Waals surface area contributed by atoms with Gasteiger partial charge in [0.25, 0.3) is 0 Å². The summed E-state index contributed by atoms with van der Waals surface area (Å²) in [6.45, 7) is 2.29. The number of nitrogens with zero attached hydrogens (tertiary/aromatic N) is 1. The molecule has 0 amide bonds. The fourth-order valence-corrected chi connectivity index (χ4v) is 3.83. The summed E-state index contributed by atoms with van der Waals surface area (Å²) in [5.41, 5.74) is 3.59. The highest BCUT2D eigenvalue weighted by atomic mass is 79.9. The minimum absolute atomic E-state index is 0.267. The first-order chi connectivity index (χ1) is 12.5. The number of benzene rings is 3. The van der Waals surface area contributed by atoms with Crippen molar-refractivity contribution >= 4 is 43.8 Å². The molecule has 3 aromatic rings. The van der Waals surface area contributed by atoms with Crippen molar-refractivity contribution in [3.05, 3.63) is 92.1 Å². The third-order valence-electron chi connectivity index (χ3n) is 3.77. The smallest absolute Gasteiger partial charge is 0.142 e. The molecule has 0 aliphatic carbocycles. The molecule has 0 bridgehead atoms. The van der Waals surface area contributed by atoms with Crippen LogP contribution in [0.2, 0.25) is 0 Å². The number of aliphatic imine (C=N–C) groups is 1. The fraction of sp³-hybridized carbons (Fsp3) is 0.0952. The van der Waals surface area contributed by atoms with Gasteiger partial charge >= 0.3 is 0 Å². The molecule has 0 saturated carbocycles. The van der Waals surface area contributed by atoms with Gasteiger partial charge in [0.05, 0.1) is 10.2 Å². The highest BCUT2D eigenvalue weighted by molar-refractivity contribution is 9.11. The molecule has 0 aliphatic rings. The van der Waals surface area contributed by atoms with Gasteiger partial charge < -0.3 is 4.74 Å². The van der Waals surface area contributed by atoms with Gasteiger partial charge in [-0.3, -0.25) is 4.99 Å². The zero-order valence-electron chi connectivity index (χ0n) is 14.0. The molecule has 0 aliphatic heterocycles. The largest absolute Gasteiger partial charge is 0.487 e. The Hall–Kier alpha value is -1.98. The lowest BCUT2D eigenvalue weighted by Crippen LogP contribution is -2.00. The van der Waals surface area contributed by atoms with Crippen molar-refractivity contribution in [3.63, 3.8) is 0 Å². The first-order valence-corrected chi connectivity index (χ1v) is 9.57. The quantitative estimate of drug-likeness (QED) is 0.363. The number of aryl methyl sites for hydroxylation is 1. The Balaban J connectivity index is 1.88. The van der Waals surface area contributed by atoms with Gasteiger partial charge in [-0.1, -0.05) is 46.3 Å². The maximum Gasteiger partial charge on any atom is 0.142 e. The average Bonchev–Trinajstić information content (AvgIpc) is 2.60. The first kappa shape index (κ1) is 18.8. The van der Waals surface area contributed by atoms with E-state index in [1.165, 1.54) is 12.1 Å². The minimum Gasteiger partial charge on any atom is -0.487 e. The Morgan fingerprint density at radius 3 is 2.62 bits per heavy atom. The third kappa shape index (κ3) is 4.80. The van der Waals surface area contributed by atoms with Crippen LogP contribution in [0, 0.1) is 12.7 Å². The molecular formula is C21H16Br2FNO. The Labute approximate surface area is 169 Å². The van der Waals surface area contributed by atoms with E-state index in [1.54, 1.807) is 12.3 Å². The van der Waals surface area contributed by atoms with Crippen molar-refractivity contribution in [1.82, 2.24) is 0 Å². The molecule has 2 nitrogen and oxygen atoms in total. The van der Waals surface area contributed by atoms with Gasteiger partial charge in [-0.2, -0.15) is 0 Å². The van der Waals surface area contributed by atoms with Crippen LogP contribution in [0.15, 0.2) is 74.6 Å². The molecule has 0 aromatic heterocycles. The molecule has 0 N–H and O–H groups in total. The van der Waals surface area contributed by atoms with Crippen LogP contribution in [0.1, 0.15) is 16.7 Å². The summed E-state index contributed by atoms with van der Waals surface area (Å²) in [4.78, 5) is 4.58. The van der Waals surface area contributed by atoms with E-state index in [9.17, 15) is 4.39 Å². The summed E-state index contributed by atoms with van der Waals surface area (Å²) < 4.78 is 21.0. The van der Waals surface area contributed by atoms with E-state index < -0.39 is 0 Å². The van der Waals surface area contributed by atoms with Crippen molar-refractivity contribution in [2.24, 2.45) is 4.99 Å². The molecule has 0 spiro atoms. The maximum absolute atomic E-state index is 13.4. The SMILES string of the molecule is Cc1ccccc1N=Cc1cc(Br)cc(Br)c1OCc1cccc(F)c1. The molecule has 0 fully saturated rings. The summed E-state index contributed by atoms with van der Waals surface area (Å²) in [5, 5.41) is 0. The lowest BCUT2D eigenvalue weighted by atomic mass is 10.2.